The first-order valence-corrected chi connectivity index (χ1v) is 9.24. The Morgan fingerprint density at radius 3 is 1.90 bits per heavy atom. The van der Waals surface area contributed by atoms with E-state index in [4.69, 9.17) is 4.74 Å². The summed E-state index contributed by atoms with van der Waals surface area (Å²) in [5, 5.41) is 13.9. The normalized spacial score (nSPS) is 12.0. The summed E-state index contributed by atoms with van der Waals surface area (Å²) in [5.41, 5.74) is 7.10. The summed E-state index contributed by atoms with van der Waals surface area (Å²) >= 11 is 0. The molecule has 3 aromatic carbocycles. The summed E-state index contributed by atoms with van der Waals surface area (Å²) in [4.78, 5) is 24.2. The van der Waals surface area contributed by atoms with Crippen LogP contribution < -0.4 is 10.2 Å². The van der Waals surface area contributed by atoms with E-state index < -0.39 is 11.8 Å². The van der Waals surface area contributed by atoms with E-state index in [1.165, 1.54) is 7.11 Å². The molecule has 0 heterocycles. The van der Waals surface area contributed by atoms with Crippen molar-refractivity contribution < 1.29 is 19.4 Å². The molecule has 0 bridgehead atoms. The van der Waals surface area contributed by atoms with Crippen molar-refractivity contribution in [1.82, 2.24) is 5.43 Å². The number of hydrazone groups is 1. The number of carbonyl (C=O) groups excluding carboxylic acids is 1. The van der Waals surface area contributed by atoms with Gasteiger partial charge in [-0.15, -0.1) is 0 Å². The molecule has 0 aromatic heterocycles. The molecular formula is C24H18N2O4. The van der Waals surface area contributed by atoms with E-state index >= 15 is 0 Å². The number of carboxylic acids is 1. The molecule has 0 radical (unpaired) electrons. The standard InChI is InChI=1S/C24H18N2O4/c1-30-16-12-10-15(11-13-16)22(27)14-21(24(28)29)25-26-23-19-8-4-2-6-17(19)18-7-3-5-9-20(18)23/h2-14,25H,1H3,(H,28,29). The summed E-state index contributed by atoms with van der Waals surface area (Å²) in [5.74, 6) is -1.12. The summed E-state index contributed by atoms with van der Waals surface area (Å²) in [6, 6.07) is 22.0. The molecule has 0 unspecified atom stereocenters. The van der Waals surface area contributed by atoms with Crippen LogP contribution in [0.5, 0.6) is 5.75 Å². The molecule has 0 aliphatic heterocycles. The van der Waals surface area contributed by atoms with Gasteiger partial charge in [0, 0.05) is 22.8 Å². The zero-order chi connectivity index (χ0) is 21.1. The molecule has 0 saturated carbocycles. The predicted octanol–water partition coefficient (Wildman–Crippen LogP) is 3.87. The van der Waals surface area contributed by atoms with Crippen LogP contribution in [-0.4, -0.2) is 29.7 Å². The summed E-state index contributed by atoms with van der Waals surface area (Å²) < 4.78 is 5.07. The van der Waals surface area contributed by atoms with Crippen molar-refractivity contribution in [2.75, 3.05) is 7.11 Å². The highest BCUT2D eigenvalue weighted by Gasteiger charge is 2.24. The molecule has 148 valence electrons. The quantitative estimate of drug-likeness (QED) is 0.292. The Hall–Kier alpha value is -4.19. The summed E-state index contributed by atoms with van der Waals surface area (Å²) in [6.45, 7) is 0. The lowest BCUT2D eigenvalue weighted by molar-refractivity contribution is -0.133. The molecule has 3 aromatic rings. The molecule has 0 fully saturated rings. The van der Waals surface area contributed by atoms with Gasteiger partial charge in [-0.25, -0.2) is 4.79 Å². The minimum Gasteiger partial charge on any atom is -0.497 e. The van der Waals surface area contributed by atoms with Crippen LogP contribution in [0.3, 0.4) is 0 Å². The fraction of sp³-hybridized carbons (Fsp3) is 0.0417. The fourth-order valence-electron chi connectivity index (χ4n) is 3.34. The van der Waals surface area contributed by atoms with Crippen molar-refractivity contribution >= 4 is 17.5 Å². The molecule has 0 amide bonds. The number of hydrogen-bond acceptors (Lipinski definition) is 5. The van der Waals surface area contributed by atoms with Crippen LogP contribution in [0.4, 0.5) is 0 Å². The van der Waals surface area contributed by atoms with Crippen LogP contribution in [-0.2, 0) is 4.79 Å². The van der Waals surface area contributed by atoms with Crippen molar-refractivity contribution in [2.45, 2.75) is 0 Å². The van der Waals surface area contributed by atoms with Gasteiger partial charge >= 0.3 is 5.97 Å². The number of rotatable bonds is 6. The highest BCUT2D eigenvalue weighted by atomic mass is 16.5. The van der Waals surface area contributed by atoms with Crippen molar-refractivity contribution in [3.05, 3.63) is 101 Å². The number of nitrogens with zero attached hydrogens (tertiary/aromatic N) is 1. The van der Waals surface area contributed by atoms with Crippen LogP contribution >= 0.6 is 0 Å². The molecular weight excluding hydrogens is 380 g/mol. The number of benzene rings is 3. The van der Waals surface area contributed by atoms with Gasteiger partial charge in [-0.3, -0.25) is 10.2 Å². The lowest BCUT2D eigenvalue weighted by Crippen LogP contribution is -2.19. The molecule has 4 rings (SSSR count). The van der Waals surface area contributed by atoms with Crippen LogP contribution in [0.25, 0.3) is 11.1 Å². The van der Waals surface area contributed by atoms with Gasteiger partial charge in [-0.2, -0.15) is 5.10 Å². The van der Waals surface area contributed by atoms with Crippen molar-refractivity contribution in [3.8, 4) is 16.9 Å². The second kappa shape index (κ2) is 8.05. The maximum atomic E-state index is 12.5. The number of ketones is 1. The molecule has 6 nitrogen and oxygen atoms in total. The molecule has 30 heavy (non-hydrogen) atoms. The van der Waals surface area contributed by atoms with Crippen LogP contribution in [0.2, 0.25) is 0 Å². The number of fused-ring (bicyclic) bond motifs is 3. The van der Waals surface area contributed by atoms with E-state index in [1.54, 1.807) is 24.3 Å². The Kier molecular flexibility index (Phi) is 5.13. The minimum absolute atomic E-state index is 0.315. The molecule has 2 N–H and O–H groups in total. The topological polar surface area (TPSA) is 88.0 Å². The average Bonchev–Trinajstić information content (AvgIpc) is 3.10. The number of ether oxygens (including phenoxy) is 1. The highest BCUT2D eigenvalue weighted by molar-refractivity contribution is 6.24. The molecule has 1 aliphatic rings. The third-order valence-corrected chi connectivity index (χ3v) is 4.82. The van der Waals surface area contributed by atoms with E-state index in [-0.39, 0.29) is 5.70 Å². The van der Waals surface area contributed by atoms with Gasteiger partial charge in [0.1, 0.15) is 11.4 Å². The Labute approximate surface area is 173 Å². The third kappa shape index (κ3) is 3.58. The fourth-order valence-corrected chi connectivity index (χ4v) is 3.34. The van der Waals surface area contributed by atoms with E-state index in [0.29, 0.717) is 17.0 Å². The first kappa shape index (κ1) is 19.1. The average molecular weight is 398 g/mol. The summed E-state index contributed by atoms with van der Waals surface area (Å²) in [7, 11) is 1.53. The van der Waals surface area contributed by atoms with Crippen LogP contribution in [0, 0.1) is 0 Å². The number of methoxy groups -OCH3 is 1. The smallest absolute Gasteiger partial charge is 0.353 e. The number of carboxylic acid groups (broad SMARTS) is 1. The minimum atomic E-state index is -1.28. The van der Waals surface area contributed by atoms with Gasteiger partial charge in [0.05, 0.1) is 12.8 Å². The lowest BCUT2D eigenvalue weighted by Gasteiger charge is -2.06. The Morgan fingerprint density at radius 2 is 1.40 bits per heavy atom. The van der Waals surface area contributed by atoms with E-state index in [2.05, 4.69) is 10.5 Å². The first-order valence-electron chi connectivity index (χ1n) is 9.24. The second-order valence-electron chi connectivity index (χ2n) is 6.62. The van der Waals surface area contributed by atoms with Crippen LogP contribution in [0.1, 0.15) is 21.5 Å². The number of nitrogens with one attached hydrogen (secondary N) is 1. The highest BCUT2D eigenvalue weighted by Crippen LogP contribution is 2.36. The van der Waals surface area contributed by atoms with Gasteiger partial charge in [0.25, 0.3) is 0 Å². The van der Waals surface area contributed by atoms with Gasteiger partial charge in [0.15, 0.2) is 5.78 Å². The van der Waals surface area contributed by atoms with Gasteiger partial charge in [-0.1, -0.05) is 48.5 Å². The summed E-state index contributed by atoms with van der Waals surface area (Å²) in [6.07, 6.45) is 1.03. The molecule has 1 aliphatic carbocycles. The number of hydrogen-bond donors (Lipinski definition) is 2. The van der Waals surface area contributed by atoms with Gasteiger partial charge < -0.3 is 9.84 Å². The first-order chi connectivity index (χ1) is 14.6. The van der Waals surface area contributed by atoms with Crippen molar-refractivity contribution in [2.24, 2.45) is 5.10 Å². The Balaban J connectivity index is 1.66. The predicted molar refractivity (Wildman–Crippen MR) is 114 cm³/mol. The van der Waals surface area contributed by atoms with Crippen molar-refractivity contribution in [1.29, 1.82) is 0 Å². The van der Waals surface area contributed by atoms with E-state index in [1.807, 2.05) is 48.5 Å². The second-order valence-corrected chi connectivity index (χ2v) is 6.62. The van der Waals surface area contributed by atoms with Gasteiger partial charge in [-0.05, 0) is 35.4 Å². The monoisotopic (exact) mass is 398 g/mol. The number of aliphatic carboxylic acids is 1. The SMILES string of the molecule is COc1ccc(C(=O)C=C(NN=C2c3ccccc3-c3ccccc32)C(=O)O)cc1. The van der Waals surface area contributed by atoms with Gasteiger partial charge in [0.2, 0.25) is 0 Å². The van der Waals surface area contributed by atoms with E-state index in [9.17, 15) is 14.7 Å². The Bertz CT molecular complexity index is 1150. The third-order valence-electron chi connectivity index (χ3n) is 4.82. The van der Waals surface area contributed by atoms with E-state index in [0.717, 1.165) is 28.3 Å². The Morgan fingerprint density at radius 1 is 0.867 bits per heavy atom. The molecule has 6 heteroatoms. The molecule has 0 atom stereocenters. The van der Waals surface area contributed by atoms with Crippen molar-refractivity contribution in [3.63, 3.8) is 0 Å². The zero-order valence-electron chi connectivity index (χ0n) is 16.1. The maximum Gasteiger partial charge on any atom is 0.353 e. The number of carbonyl (C=O) groups is 2. The largest absolute Gasteiger partial charge is 0.497 e. The molecule has 0 spiro atoms. The molecule has 0 saturated heterocycles. The zero-order valence-corrected chi connectivity index (χ0v) is 16.1. The van der Waals surface area contributed by atoms with Crippen LogP contribution in [0.15, 0.2) is 89.7 Å². The maximum absolute atomic E-state index is 12.5. The number of allylic oxidation sites excluding steroid dienone is 1. The lowest BCUT2D eigenvalue weighted by atomic mass is 10.1.